The van der Waals surface area contributed by atoms with Crippen molar-refractivity contribution in [3.63, 3.8) is 0 Å². The van der Waals surface area contributed by atoms with E-state index >= 15 is 0 Å². The van der Waals surface area contributed by atoms with E-state index in [4.69, 9.17) is 0 Å². The van der Waals surface area contributed by atoms with Crippen molar-refractivity contribution in [2.45, 2.75) is 23.8 Å². The van der Waals surface area contributed by atoms with Gasteiger partial charge >= 0.3 is 0 Å². The van der Waals surface area contributed by atoms with E-state index in [-0.39, 0.29) is 11.8 Å². The Morgan fingerprint density at radius 1 is 1.00 bits per heavy atom. The van der Waals surface area contributed by atoms with Gasteiger partial charge in [-0.05, 0) is 37.1 Å². The summed E-state index contributed by atoms with van der Waals surface area (Å²) in [5, 5.41) is 5.83. The van der Waals surface area contributed by atoms with Crippen LogP contribution >= 0.6 is 11.8 Å². The molecule has 118 valence electrons. The molecule has 1 aliphatic carbocycles. The first-order valence-corrected chi connectivity index (χ1v) is 8.58. The lowest BCUT2D eigenvalue weighted by atomic mass is 10.2. The van der Waals surface area contributed by atoms with Crippen LogP contribution < -0.4 is 10.6 Å². The minimum atomic E-state index is -0.165. The van der Waals surface area contributed by atoms with Gasteiger partial charge in [0.15, 0.2) is 0 Å². The number of anilines is 1. The highest BCUT2D eigenvalue weighted by molar-refractivity contribution is 8.00. The standard InChI is InChI=1S/C18H18N2O2S/c21-17(19-14-10-11-14)12-23-16-9-5-4-8-15(16)18(22)20-13-6-2-1-3-7-13/h1-9,14H,10-12H2,(H,19,21)(H,20,22). The molecule has 2 aromatic carbocycles. The van der Waals surface area contributed by atoms with Crippen LogP contribution in [0.3, 0.4) is 0 Å². The zero-order chi connectivity index (χ0) is 16.1. The lowest BCUT2D eigenvalue weighted by molar-refractivity contribution is -0.118. The Labute approximate surface area is 139 Å². The Kier molecular flexibility index (Phi) is 4.98. The third-order valence-corrected chi connectivity index (χ3v) is 4.54. The fraction of sp³-hybridized carbons (Fsp3) is 0.222. The predicted molar refractivity (Wildman–Crippen MR) is 92.7 cm³/mol. The summed E-state index contributed by atoms with van der Waals surface area (Å²) >= 11 is 1.39. The highest BCUT2D eigenvalue weighted by Gasteiger charge is 2.23. The minimum Gasteiger partial charge on any atom is -0.353 e. The van der Waals surface area contributed by atoms with Crippen LogP contribution in [0.2, 0.25) is 0 Å². The van der Waals surface area contributed by atoms with Crippen molar-refractivity contribution in [3.05, 3.63) is 60.2 Å². The van der Waals surface area contributed by atoms with E-state index < -0.39 is 0 Å². The first kappa shape index (κ1) is 15.6. The number of carbonyl (C=O) groups is 2. The van der Waals surface area contributed by atoms with Crippen LogP contribution in [0.25, 0.3) is 0 Å². The van der Waals surface area contributed by atoms with Gasteiger partial charge < -0.3 is 10.6 Å². The van der Waals surface area contributed by atoms with Crippen LogP contribution in [0.5, 0.6) is 0 Å². The van der Waals surface area contributed by atoms with Gasteiger partial charge in [0, 0.05) is 16.6 Å². The Hall–Kier alpha value is -2.27. The largest absolute Gasteiger partial charge is 0.353 e. The lowest BCUT2D eigenvalue weighted by Crippen LogP contribution is -2.27. The number of benzene rings is 2. The van der Waals surface area contributed by atoms with E-state index in [0.717, 1.165) is 23.4 Å². The number of carbonyl (C=O) groups excluding carboxylic acids is 2. The molecule has 0 heterocycles. The topological polar surface area (TPSA) is 58.2 Å². The molecule has 0 saturated heterocycles. The fourth-order valence-electron chi connectivity index (χ4n) is 2.14. The van der Waals surface area contributed by atoms with Gasteiger partial charge in [0.1, 0.15) is 0 Å². The molecule has 1 aliphatic rings. The van der Waals surface area contributed by atoms with Gasteiger partial charge in [0.05, 0.1) is 11.3 Å². The first-order valence-electron chi connectivity index (χ1n) is 7.60. The zero-order valence-corrected chi connectivity index (χ0v) is 13.4. The van der Waals surface area contributed by atoms with Gasteiger partial charge in [-0.25, -0.2) is 0 Å². The average Bonchev–Trinajstić information content (AvgIpc) is 3.38. The molecule has 2 aromatic rings. The van der Waals surface area contributed by atoms with Crippen molar-refractivity contribution in [2.24, 2.45) is 0 Å². The second kappa shape index (κ2) is 7.33. The molecule has 2 N–H and O–H groups in total. The summed E-state index contributed by atoms with van der Waals surface area (Å²) in [6, 6.07) is 17.0. The first-order chi connectivity index (χ1) is 11.2. The molecule has 0 bridgehead atoms. The molecule has 1 saturated carbocycles. The average molecular weight is 326 g/mol. The van der Waals surface area contributed by atoms with Gasteiger partial charge in [0.2, 0.25) is 5.91 Å². The predicted octanol–water partition coefficient (Wildman–Crippen LogP) is 3.31. The van der Waals surface area contributed by atoms with Gasteiger partial charge in [-0.15, -0.1) is 11.8 Å². The number of nitrogens with one attached hydrogen (secondary N) is 2. The van der Waals surface area contributed by atoms with Crippen molar-refractivity contribution in [3.8, 4) is 0 Å². The maximum absolute atomic E-state index is 12.4. The van der Waals surface area contributed by atoms with Crippen molar-refractivity contribution in [1.82, 2.24) is 5.32 Å². The molecule has 0 radical (unpaired) electrons. The highest BCUT2D eigenvalue weighted by atomic mass is 32.2. The van der Waals surface area contributed by atoms with Crippen molar-refractivity contribution in [1.29, 1.82) is 0 Å². The molecular weight excluding hydrogens is 308 g/mol. The number of hydrogen-bond acceptors (Lipinski definition) is 3. The molecule has 2 amide bonds. The van der Waals surface area contributed by atoms with E-state index in [1.54, 1.807) is 6.07 Å². The number of para-hydroxylation sites is 1. The second-order valence-electron chi connectivity index (χ2n) is 5.45. The van der Waals surface area contributed by atoms with Gasteiger partial charge in [-0.2, -0.15) is 0 Å². The van der Waals surface area contributed by atoms with E-state index in [0.29, 0.717) is 17.4 Å². The van der Waals surface area contributed by atoms with Crippen LogP contribution in [-0.4, -0.2) is 23.6 Å². The summed E-state index contributed by atoms with van der Waals surface area (Å²) < 4.78 is 0. The Balaban J connectivity index is 1.64. The van der Waals surface area contributed by atoms with E-state index in [1.807, 2.05) is 48.5 Å². The monoisotopic (exact) mass is 326 g/mol. The number of rotatable bonds is 6. The Bertz CT molecular complexity index is 699. The van der Waals surface area contributed by atoms with E-state index in [2.05, 4.69) is 10.6 Å². The summed E-state index contributed by atoms with van der Waals surface area (Å²) in [5.74, 6) is 0.184. The molecular formula is C18H18N2O2S. The SMILES string of the molecule is O=C(CSc1ccccc1C(=O)Nc1ccccc1)NC1CC1. The third-order valence-electron chi connectivity index (χ3n) is 3.46. The minimum absolute atomic E-state index is 0.0239. The molecule has 0 atom stereocenters. The van der Waals surface area contributed by atoms with Crippen LogP contribution in [0.15, 0.2) is 59.5 Å². The zero-order valence-electron chi connectivity index (χ0n) is 12.6. The highest BCUT2D eigenvalue weighted by Crippen LogP contribution is 2.24. The molecule has 0 aromatic heterocycles. The summed E-state index contributed by atoms with van der Waals surface area (Å²) in [7, 11) is 0. The summed E-state index contributed by atoms with van der Waals surface area (Å²) in [6.45, 7) is 0. The van der Waals surface area contributed by atoms with Crippen molar-refractivity contribution < 1.29 is 9.59 Å². The molecule has 23 heavy (non-hydrogen) atoms. The van der Waals surface area contributed by atoms with Crippen LogP contribution in [0.4, 0.5) is 5.69 Å². The molecule has 0 aliphatic heterocycles. The number of amides is 2. The van der Waals surface area contributed by atoms with Gasteiger partial charge in [-0.3, -0.25) is 9.59 Å². The third kappa shape index (κ3) is 4.60. The number of thioether (sulfide) groups is 1. The molecule has 0 unspecified atom stereocenters. The van der Waals surface area contributed by atoms with E-state index in [9.17, 15) is 9.59 Å². The summed E-state index contributed by atoms with van der Waals surface area (Å²) in [4.78, 5) is 25.1. The quantitative estimate of drug-likeness (QED) is 0.801. The fourth-order valence-corrected chi connectivity index (χ4v) is 3.00. The molecule has 4 nitrogen and oxygen atoms in total. The maximum atomic E-state index is 12.4. The van der Waals surface area contributed by atoms with E-state index in [1.165, 1.54) is 11.8 Å². The molecule has 5 heteroatoms. The molecule has 1 fully saturated rings. The smallest absolute Gasteiger partial charge is 0.256 e. The summed E-state index contributed by atoms with van der Waals surface area (Å²) in [6.07, 6.45) is 2.15. The van der Waals surface area contributed by atoms with Crippen molar-refractivity contribution in [2.75, 3.05) is 11.1 Å². The summed E-state index contributed by atoms with van der Waals surface area (Å²) in [5.41, 5.74) is 1.34. The molecule has 3 rings (SSSR count). The second-order valence-corrected chi connectivity index (χ2v) is 6.46. The molecule has 0 spiro atoms. The van der Waals surface area contributed by atoms with Gasteiger partial charge in [0.25, 0.3) is 5.91 Å². The Morgan fingerprint density at radius 2 is 1.70 bits per heavy atom. The lowest BCUT2D eigenvalue weighted by Gasteiger charge is -2.10. The van der Waals surface area contributed by atoms with Crippen LogP contribution in [-0.2, 0) is 4.79 Å². The van der Waals surface area contributed by atoms with Crippen LogP contribution in [0, 0.1) is 0 Å². The normalized spacial score (nSPS) is 13.4. The van der Waals surface area contributed by atoms with Gasteiger partial charge in [-0.1, -0.05) is 30.3 Å². The van der Waals surface area contributed by atoms with Crippen molar-refractivity contribution >= 4 is 29.3 Å². The Morgan fingerprint density at radius 3 is 2.43 bits per heavy atom. The van der Waals surface area contributed by atoms with Crippen LogP contribution in [0.1, 0.15) is 23.2 Å². The maximum Gasteiger partial charge on any atom is 0.256 e. The number of hydrogen-bond donors (Lipinski definition) is 2.